The van der Waals surface area contributed by atoms with Crippen molar-refractivity contribution in [1.29, 1.82) is 0 Å². The van der Waals surface area contributed by atoms with Crippen LogP contribution in [0.2, 0.25) is 0 Å². The van der Waals surface area contributed by atoms with Gasteiger partial charge in [-0.15, -0.1) is 0 Å². The monoisotopic (exact) mass is 448 g/mol. The molecule has 0 unspecified atom stereocenters. The van der Waals surface area contributed by atoms with Crippen LogP contribution in [0.15, 0.2) is 37.1 Å². The summed E-state index contributed by atoms with van der Waals surface area (Å²) in [5.74, 6) is 0.685. The van der Waals surface area contributed by atoms with E-state index in [1.807, 2.05) is 12.1 Å². The summed E-state index contributed by atoms with van der Waals surface area (Å²) in [6.07, 6.45) is 9.94. The van der Waals surface area contributed by atoms with Gasteiger partial charge in [-0.25, -0.2) is 19.7 Å². The van der Waals surface area contributed by atoms with Crippen molar-refractivity contribution in [1.82, 2.24) is 30.0 Å². The van der Waals surface area contributed by atoms with Gasteiger partial charge < -0.3 is 15.4 Å². The Morgan fingerprint density at radius 2 is 1.91 bits per heavy atom. The fourth-order valence-corrected chi connectivity index (χ4v) is 3.43. The van der Waals surface area contributed by atoms with Crippen molar-refractivity contribution in [3.8, 4) is 5.88 Å². The average Bonchev–Trinajstić information content (AvgIpc) is 3.74. The van der Waals surface area contributed by atoms with E-state index in [1.54, 1.807) is 23.3 Å². The lowest BCUT2D eigenvalue weighted by Crippen LogP contribution is -2.23. The van der Waals surface area contributed by atoms with Crippen LogP contribution < -0.4 is 20.7 Å². The van der Waals surface area contributed by atoms with Crippen LogP contribution in [0.3, 0.4) is 0 Å². The molecular weight excluding hydrogens is 424 g/mol. The number of ether oxygens (including phenoxy) is 1. The van der Waals surface area contributed by atoms with Crippen molar-refractivity contribution < 1.29 is 14.3 Å². The van der Waals surface area contributed by atoms with E-state index in [2.05, 4.69) is 36.0 Å². The molecule has 3 aromatic heterocycles. The fraction of sp³-hybridized carbons (Fsp3) is 0.364. The second kappa shape index (κ2) is 8.85. The van der Waals surface area contributed by atoms with Gasteiger partial charge in [0.25, 0.3) is 5.91 Å². The number of hydrogen-bond donors (Lipinski definition) is 3. The Kier molecular flexibility index (Phi) is 5.59. The summed E-state index contributed by atoms with van der Waals surface area (Å²) < 4.78 is 7.26. The molecule has 11 heteroatoms. The van der Waals surface area contributed by atoms with Crippen LogP contribution in [0.25, 0.3) is 0 Å². The van der Waals surface area contributed by atoms with Crippen LogP contribution in [-0.4, -0.2) is 43.8 Å². The molecule has 0 bridgehead atoms. The zero-order chi connectivity index (χ0) is 22.8. The van der Waals surface area contributed by atoms with Crippen molar-refractivity contribution in [2.24, 2.45) is 5.92 Å². The van der Waals surface area contributed by atoms with Gasteiger partial charge in [0, 0.05) is 31.4 Å². The fourth-order valence-electron chi connectivity index (χ4n) is 3.43. The number of rotatable bonds is 8. The van der Waals surface area contributed by atoms with Gasteiger partial charge in [-0.05, 0) is 43.7 Å². The van der Waals surface area contributed by atoms with Gasteiger partial charge in [0.2, 0.25) is 5.88 Å². The highest BCUT2D eigenvalue weighted by atomic mass is 16.6. The lowest BCUT2D eigenvalue weighted by atomic mass is 10.2. The molecule has 0 aromatic carbocycles. The van der Waals surface area contributed by atoms with E-state index in [0.717, 1.165) is 31.4 Å². The summed E-state index contributed by atoms with van der Waals surface area (Å²) in [5, 5.41) is 12.7. The molecule has 2 amide bonds. The smallest absolute Gasteiger partial charge is 0.389 e. The minimum absolute atomic E-state index is 0.132. The topological polar surface area (TPSA) is 136 Å². The molecule has 0 radical (unpaired) electrons. The molecule has 2 fully saturated rings. The molecule has 0 spiro atoms. The van der Waals surface area contributed by atoms with E-state index in [1.165, 1.54) is 13.4 Å². The Balaban J connectivity index is 1.36. The number of carbonyl (C=O) groups is 2. The number of amides is 2. The Hall–Kier alpha value is -4.02. The Morgan fingerprint density at radius 3 is 2.61 bits per heavy atom. The molecule has 0 atom stereocenters. The maximum atomic E-state index is 12.8. The van der Waals surface area contributed by atoms with Crippen LogP contribution in [0.1, 0.15) is 47.8 Å². The van der Waals surface area contributed by atoms with Crippen LogP contribution in [0.5, 0.6) is 5.88 Å². The van der Waals surface area contributed by atoms with Crippen molar-refractivity contribution in [3.05, 3.63) is 48.4 Å². The summed E-state index contributed by atoms with van der Waals surface area (Å²) in [6.45, 7) is 0.707. The maximum absolute atomic E-state index is 12.8. The number of pyridine rings is 1. The second-order valence-electron chi connectivity index (χ2n) is 8.27. The van der Waals surface area contributed by atoms with Crippen molar-refractivity contribution in [2.75, 3.05) is 17.7 Å². The summed E-state index contributed by atoms with van der Waals surface area (Å²) in [6, 6.07) is 3.74. The number of nitrogens with one attached hydrogen (secondary N) is 3. The van der Waals surface area contributed by atoms with E-state index in [0.29, 0.717) is 29.8 Å². The van der Waals surface area contributed by atoms with Crippen molar-refractivity contribution in [3.63, 3.8) is 0 Å². The summed E-state index contributed by atoms with van der Waals surface area (Å²) in [7, 11) is 1.52. The highest BCUT2D eigenvalue weighted by Gasteiger charge is 2.27. The molecule has 0 saturated heterocycles. The van der Waals surface area contributed by atoms with Crippen molar-refractivity contribution in [2.45, 2.75) is 38.1 Å². The normalized spacial score (nSPS) is 15.1. The number of carbonyl (C=O) groups excluding carboxylic acids is 2. The third-order valence-corrected chi connectivity index (χ3v) is 5.49. The van der Waals surface area contributed by atoms with Gasteiger partial charge in [-0.1, -0.05) is 0 Å². The third-order valence-electron chi connectivity index (χ3n) is 5.49. The molecule has 2 aliphatic carbocycles. The van der Waals surface area contributed by atoms with E-state index >= 15 is 0 Å². The standard InChI is InChI=1S/C22H24N8O3/c1-23-20(31)19-18(11-30(29-19)10-13-2-3-13)28-22(32)33-21-17(26-15-8-24-12-25-9-15)7-6-16(27-21)14-4-5-14/h6-9,11-14,26H,2-5,10H2,1H3,(H,23,31)(H,28,32). The first kappa shape index (κ1) is 20.9. The van der Waals surface area contributed by atoms with Gasteiger partial charge >= 0.3 is 6.09 Å². The Bertz CT molecular complexity index is 1170. The predicted octanol–water partition coefficient (Wildman–Crippen LogP) is 3.07. The van der Waals surface area contributed by atoms with Gasteiger partial charge in [0.15, 0.2) is 5.69 Å². The molecular formula is C22H24N8O3. The molecule has 5 rings (SSSR count). The van der Waals surface area contributed by atoms with E-state index < -0.39 is 6.09 Å². The van der Waals surface area contributed by atoms with Crippen LogP contribution in [0.4, 0.5) is 21.9 Å². The maximum Gasteiger partial charge on any atom is 0.418 e. The quantitative estimate of drug-likeness (QED) is 0.478. The second-order valence-corrected chi connectivity index (χ2v) is 8.27. The largest absolute Gasteiger partial charge is 0.418 e. The Labute approximate surface area is 190 Å². The van der Waals surface area contributed by atoms with Gasteiger partial charge in [0.05, 0.1) is 23.8 Å². The molecule has 3 aromatic rings. The number of nitrogens with zero attached hydrogens (tertiary/aromatic N) is 5. The molecule has 3 N–H and O–H groups in total. The summed E-state index contributed by atoms with van der Waals surface area (Å²) in [5.41, 5.74) is 2.42. The first-order chi connectivity index (χ1) is 16.1. The van der Waals surface area contributed by atoms with Crippen LogP contribution in [0, 0.1) is 5.92 Å². The van der Waals surface area contributed by atoms with Gasteiger partial charge in [0.1, 0.15) is 12.0 Å². The first-order valence-corrected chi connectivity index (χ1v) is 10.9. The van der Waals surface area contributed by atoms with Crippen LogP contribution >= 0.6 is 0 Å². The Morgan fingerprint density at radius 1 is 1.12 bits per heavy atom. The number of anilines is 3. The highest BCUT2D eigenvalue weighted by molar-refractivity contribution is 6.01. The SMILES string of the molecule is CNC(=O)c1nn(CC2CC2)cc1NC(=O)Oc1nc(C2CC2)ccc1Nc1cncnc1. The average molecular weight is 448 g/mol. The zero-order valence-electron chi connectivity index (χ0n) is 18.1. The molecule has 170 valence electrons. The molecule has 11 nitrogen and oxygen atoms in total. The van der Waals surface area contributed by atoms with Gasteiger partial charge in [-0.3, -0.25) is 14.8 Å². The lowest BCUT2D eigenvalue weighted by molar-refractivity contribution is 0.0958. The summed E-state index contributed by atoms with van der Waals surface area (Å²) >= 11 is 0. The van der Waals surface area contributed by atoms with E-state index in [4.69, 9.17) is 4.74 Å². The molecule has 2 aliphatic rings. The van der Waals surface area contributed by atoms with Crippen LogP contribution in [-0.2, 0) is 6.54 Å². The minimum Gasteiger partial charge on any atom is -0.389 e. The van der Waals surface area contributed by atoms with E-state index in [-0.39, 0.29) is 23.2 Å². The zero-order valence-corrected chi connectivity index (χ0v) is 18.1. The molecule has 3 heterocycles. The minimum atomic E-state index is -0.765. The van der Waals surface area contributed by atoms with E-state index in [9.17, 15) is 9.59 Å². The third kappa shape index (κ3) is 5.08. The van der Waals surface area contributed by atoms with Gasteiger partial charge in [-0.2, -0.15) is 5.10 Å². The molecule has 0 aliphatic heterocycles. The van der Waals surface area contributed by atoms with Crippen molar-refractivity contribution >= 4 is 29.1 Å². The lowest BCUT2D eigenvalue weighted by Gasteiger charge is -2.13. The first-order valence-electron chi connectivity index (χ1n) is 10.9. The number of aromatic nitrogens is 5. The predicted molar refractivity (Wildman–Crippen MR) is 120 cm³/mol. The number of hydrogen-bond acceptors (Lipinski definition) is 8. The molecule has 33 heavy (non-hydrogen) atoms. The summed E-state index contributed by atoms with van der Waals surface area (Å²) in [4.78, 5) is 37.6. The highest BCUT2D eigenvalue weighted by Crippen LogP contribution is 2.41. The molecule has 2 saturated carbocycles.